The zero-order valence-electron chi connectivity index (χ0n) is 18.8. The van der Waals surface area contributed by atoms with Crippen LogP contribution in [0, 0.1) is 0 Å². The summed E-state index contributed by atoms with van der Waals surface area (Å²) >= 11 is 0. The number of hydrogen-bond acceptors (Lipinski definition) is 5. The molecular formula is C25H28N4O4. The van der Waals surface area contributed by atoms with Crippen LogP contribution in [0.4, 0.5) is 5.69 Å². The van der Waals surface area contributed by atoms with Crippen molar-refractivity contribution in [2.75, 3.05) is 18.4 Å². The van der Waals surface area contributed by atoms with E-state index in [0.29, 0.717) is 23.6 Å². The first-order valence-electron chi connectivity index (χ1n) is 11.1. The van der Waals surface area contributed by atoms with Gasteiger partial charge in [-0.15, -0.1) is 6.58 Å². The van der Waals surface area contributed by atoms with Gasteiger partial charge in [-0.3, -0.25) is 14.3 Å². The number of amides is 2. The Labute approximate surface area is 192 Å². The third-order valence-electron chi connectivity index (χ3n) is 5.63. The van der Waals surface area contributed by atoms with Crippen molar-refractivity contribution in [1.82, 2.24) is 14.7 Å². The molecule has 0 radical (unpaired) electrons. The second-order valence-electron chi connectivity index (χ2n) is 7.99. The molecular weight excluding hydrogens is 420 g/mol. The number of nitrogens with zero attached hydrogens (tertiary/aromatic N) is 3. The van der Waals surface area contributed by atoms with Crippen LogP contribution in [-0.4, -0.2) is 39.6 Å². The molecule has 0 unspecified atom stereocenters. The quantitative estimate of drug-likeness (QED) is 0.522. The molecule has 1 saturated heterocycles. The van der Waals surface area contributed by atoms with E-state index in [2.05, 4.69) is 17.0 Å². The monoisotopic (exact) mass is 448 g/mol. The second kappa shape index (κ2) is 10.2. The van der Waals surface area contributed by atoms with E-state index in [9.17, 15) is 9.59 Å². The molecule has 172 valence electrons. The zero-order valence-corrected chi connectivity index (χ0v) is 18.8. The number of aromatic nitrogens is 2. The summed E-state index contributed by atoms with van der Waals surface area (Å²) in [5, 5.41) is 6.93. The van der Waals surface area contributed by atoms with Crippen molar-refractivity contribution >= 4 is 17.5 Å². The van der Waals surface area contributed by atoms with Gasteiger partial charge in [0.25, 0.3) is 11.8 Å². The highest BCUT2D eigenvalue weighted by atomic mass is 16.5. The van der Waals surface area contributed by atoms with Crippen molar-refractivity contribution in [3.05, 3.63) is 78.0 Å². The molecule has 1 aliphatic heterocycles. The van der Waals surface area contributed by atoms with E-state index < -0.39 is 5.91 Å². The molecule has 0 saturated carbocycles. The van der Waals surface area contributed by atoms with E-state index in [1.54, 1.807) is 19.2 Å². The van der Waals surface area contributed by atoms with Crippen LogP contribution in [0.2, 0.25) is 0 Å². The fraction of sp³-hybridized carbons (Fsp3) is 0.320. The summed E-state index contributed by atoms with van der Waals surface area (Å²) in [4.78, 5) is 27.6. The van der Waals surface area contributed by atoms with Gasteiger partial charge < -0.3 is 19.4 Å². The first-order valence-corrected chi connectivity index (χ1v) is 11.1. The first kappa shape index (κ1) is 22.4. The van der Waals surface area contributed by atoms with E-state index in [4.69, 9.17) is 9.15 Å². The first-order chi connectivity index (χ1) is 16.1. The highest BCUT2D eigenvalue weighted by Crippen LogP contribution is 2.23. The number of carbonyl (C=O) groups excluding carboxylic acids is 2. The van der Waals surface area contributed by atoms with Crippen LogP contribution >= 0.6 is 0 Å². The van der Waals surface area contributed by atoms with Crippen LogP contribution in [0.25, 0.3) is 0 Å². The number of piperidine rings is 1. The summed E-state index contributed by atoms with van der Waals surface area (Å²) in [6, 6.07) is 11.0. The minimum Gasteiger partial charge on any atom is -0.485 e. The van der Waals surface area contributed by atoms with Crippen molar-refractivity contribution in [1.29, 1.82) is 0 Å². The SMILES string of the molecule is C=CCc1ccccc1OCc1ccc(C(=O)Nc2cnn(C)c2C(=O)N2CCCCC2)o1. The van der Waals surface area contributed by atoms with E-state index >= 15 is 0 Å². The molecule has 2 amide bonds. The van der Waals surface area contributed by atoms with E-state index in [-0.39, 0.29) is 18.3 Å². The molecule has 33 heavy (non-hydrogen) atoms. The van der Waals surface area contributed by atoms with Crippen molar-refractivity contribution < 1.29 is 18.7 Å². The average Bonchev–Trinajstić information content (AvgIpc) is 3.45. The van der Waals surface area contributed by atoms with Gasteiger partial charge in [0.05, 0.1) is 11.9 Å². The van der Waals surface area contributed by atoms with Crippen molar-refractivity contribution in [2.45, 2.75) is 32.3 Å². The Morgan fingerprint density at radius 2 is 1.97 bits per heavy atom. The number of nitrogens with one attached hydrogen (secondary N) is 1. The van der Waals surface area contributed by atoms with Crippen LogP contribution in [0.3, 0.4) is 0 Å². The topological polar surface area (TPSA) is 89.6 Å². The van der Waals surface area contributed by atoms with E-state index in [1.165, 1.54) is 10.9 Å². The number of allylic oxidation sites excluding steroid dienone is 1. The zero-order chi connectivity index (χ0) is 23.2. The predicted octanol–water partition coefficient (Wildman–Crippen LogP) is 4.20. The Bertz CT molecular complexity index is 1140. The molecule has 0 atom stereocenters. The molecule has 1 aromatic carbocycles. The molecule has 1 aliphatic rings. The third-order valence-corrected chi connectivity index (χ3v) is 5.63. The number of carbonyl (C=O) groups is 2. The summed E-state index contributed by atoms with van der Waals surface area (Å²) in [7, 11) is 1.69. The number of rotatable bonds is 8. The fourth-order valence-electron chi connectivity index (χ4n) is 3.91. The lowest BCUT2D eigenvalue weighted by atomic mass is 10.1. The van der Waals surface area contributed by atoms with Gasteiger partial charge in [-0.2, -0.15) is 5.10 Å². The van der Waals surface area contributed by atoms with Crippen molar-refractivity contribution in [2.24, 2.45) is 7.05 Å². The number of likely N-dealkylation sites (tertiary alicyclic amines) is 1. The average molecular weight is 449 g/mol. The lowest BCUT2D eigenvalue weighted by molar-refractivity contribution is 0.0714. The molecule has 2 aromatic heterocycles. The van der Waals surface area contributed by atoms with Crippen LogP contribution in [0.1, 0.15) is 51.6 Å². The molecule has 4 rings (SSSR count). The summed E-state index contributed by atoms with van der Waals surface area (Å²) in [6.07, 6.45) is 7.11. The Morgan fingerprint density at radius 1 is 1.18 bits per heavy atom. The summed E-state index contributed by atoms with van der Waals surface area (Å²) in [5.41, 5.74) is 1.75. The Balaban J connectivity index is 1.41. The Kier molecular flexibility index (Phi) is 6.92. The standard InChI is InChI=1S/C25H28N4O4/c1-3-9-18-10-5-6-11-21(18)32-17-19-12-13-22(33-19)24(30)27-20-16-26-28(2)23(20)25(31)29-14-7-4-8-15-29/h3,5-6,10-13,16H,1,4,7-9,14-15,17H2,2H3,(H,27,30). The molecule has 8 heteroatoms. The molecule has 0 bridgehead atoms. The maximum atomic E-state index is 13.0. The van der Waals surface area contributed by atoms with Gasteiger partial charge >= 0.3 is 0 Å². The maximum absolute atomic E-state index is 13.0. The molecule has 1 fully saturated rings. The largest absolute Gasteiger partial charge is 0.485 e. The molecule has 0 spiro atoms. The Hall–Kier alpha value is -3.81. The summed E-state index contributed by atoms with van der Waals surface area (Å²) < 4.78 is 13.0. The van der Waals surface area contributed by atoms with Crippen LogP contribution in [0.5, 0.6) is 5.75 Å². The highest BCUT2D eigenvalue weighted by molar-refractivity contribution is 6.07. The van der Waals surface area contributed by atoms with Gasteiger partial charge in [0.15, 0.2) is 5.76 Å². The fourth-order valence-corrected chi connectivity index (χ4v) is 3.91. The van der Waals surface area contributed by atoms with Crippen molar-refractivity contribution in [3.8, 4) is 5.75 Å². The van der Waals surface area contributed by atoms with Gasteiger partial charge in [-0.25, -0.2) is 0 Å². The maximum Gasteiger partial charge on any atom is 0.291 e. The minimum absolute atomic E-state index is 0.128. The second-order valence-corrected chi connectivity index (χ2v) is 7.99. The number of anilines is 1. The Morgan fingerprint density at radius 3 is 2.76 bits per heavy atom. The molecule has 8 nitrogen and oxygen atoms in total. The van der Waals surface area contributed by atoms with Gasteiger partial charge in [-0.1, -0.05) is 24.3 Å². The van der Waals surface area contributed by atoms with Crippen molar-refractivity contribution in [3.63, 3.8) is 0 Å². The van der Waals surface area contributed by atoms with E-state index in [1.807, 2.05) is 35.2 Å². The number of furan rings is 1. The summed E-state index contributed by atoms with van der Waals surface area (Å²) in [6.45, 7) is 5.39. The van der Waals surface area contributed by atoms with Gasteiger partial charge in [-0.05, 0) is 49.4 Å². The lowest BCUT2D eigenvalue weighted by Gasteiger charge is -2.27. The van der Waals surface area contributed by atoms with Crippen LogP contribution in [-0.2, 0) is 20.1 Å². The lowest BCUT2D eigenvalue weighted by Crippen LogP contribution is -2.37. The molecule has 1 N–H and O–H groups in total. The van der Waals surface area contributed by atoms with Crippen LogP contribution in [0.15, 0.2) is 59.7 Å². The molecule has 0 aliphatic carbocycles. The smallest absolute Gasteiger partial charge is 0.291 e. The predicted molar refractivity (Wildman–Crippen MR) is 124 cm³/mol. The normalized spacial score (nSPS) is 13.5. The number of ether oxygens (including phenoxy) is 1. The highest BCUT2D eigenvalue weighted by Gasteiger charge is 2.25. The van der Waals surface area contributed by atoms with Crippen LogP contribution < -0.4 is 10.1 Å². The minimum atomic E-state index is -0.450. The van der Waals surface area contributed by atoms with Gasteiger partial charge in [0.1, 0.15) is 23.8 Å². The number of para-hydroxylation sites is 1. The summed E-state index contributed by atoms with van der Waals surface area (Å²) in [5.74, 6) is 0.819. The molecule has 3 heterocycles. The number of aryl methyl sites for hydroxylation is 1. The molecule has 3 aromatic rings. The number of benzene rings is 1. The van der Waals surface area contributed by atoms with E-state index in [0.717, 1.165) is 43.7 Å². The number of hydrogen-bond donors (Lipinski definition) is 1. The van der Waals surface area contributed by atoms with Gasteiger partial charge in [0, 0.05) is 20.1 Å². The van der Waals surface area contributed by atoms with Gasteiger partial charge in [0.2, 0.25) is 0 Å². The third kappa shape index (κ3) is 5.16.